The minimum Gasteiger partial charge on any atom is -0.339 e. The number of likely N-dealkylation sites (tertiary alicyclic amines) is 1. The van der Waals surface area contributed by atoms with Gasteiger partial charge in [0.25, 0.3) is 5.91 Å². The van der Waals surface area contributed by atoms with E-state index >= 15 is 0 Å². The molecule has 0 radical (unpaired) electrons. The van der Waals surface area contributed by atoms with Crippen LogP contribution in [0.5, 0.6) is 0 Å². The van der Waals surface area contributed by atoms with Gasteiger partial charge in [-0.1, -0.05) is 0 Å². The van der Waals surface area contributed by atoms with Crippen LogP contribution in [0, 0.1) is 11.7 Å². The molecule has 23 heavy (non-hydrogen) atoms. The molecule has 1 saturated heterocycles. The number of sulfonamides is 1. The number of carbonyl (C=O) groups is 1. The Hall–Kier alpha value is -1.51. The van der Waals surface area contributed by atoms with Gasteiger partial charge in [0.05, 0.1) is 0 Å². The summed E-state index contributed by atoms with van der Waals surface area (Å²) in [6.45, 7) is 2.22. The Morgan fingerprint density at radius 2 is 2.04 bits per heavy atom. The van der Waals surface area contributed by atoms with E-state index in [2.05, 4.69) is 5.32 Å². The highest BCUT2D eigenvalue weighted by atomic mass is 32.2. The van der Waals surface area contributed by atoms with Gasteiger partial charge in [0.1, 0.15) is 10.7 Å². The number of hydrogen-bond acceptors (Lipinski definition) is 4. The molecule has 128 valence electrons. The van der Waals surface area contributed by atoms with Gasteiger partial charge in [-0.05, 0) is 57.0 Å². The number of primary sulfonamides is 1. The summed E-state index contributed by atoms with van der Waals surface area (Å²) in [6, 6.07) is 3.28. The zero-order valence-corrected chi connectivity index (χ0v) is 13.9. The number of halogens is 1. The third-order valence-corrected chi connectivity index (χ3v) is 5.13. The first kappa shape index (κ1) is 17.8. The van der Waals surface area contributed by atoms with Crippen molar-refractivity contribution in [2.75, 3.05) is 26.7 Å². The van der Waals surface area contributed by atoms with E-state index in [1.54, 1.807) is 4.90 Å². The molecule has 8 heteroatoms. The van der Waals surface area contributed by atoms with Crippen LogP contribution in [0.3, 0.4) is 0 Å². The van der Waals surface area contributed by atoms with Gasteiger partial charge in [0.15, 0.2) is 0 Å². The predicted molar refractivity (Wildman–Crippen MR) is 84.9 cm³/mol. The van der Waals surface area contributed by atoms with E-state index in [4.69, 9.17) is 5.14 Å². The van der Waals surface area contributed by atoms with Crippen molar-refractivity contribution in [2.24, 2.45) is 11.1 Å². The molecule has 0 spiro atoms. The standard InChI is InChI=1S/C15H22FN3O3S/c1-18-7-4-11-5-8-19(9-6-11)15(20)12-2-3-14(13(16)10-12)23(17,21)22/h2-3,10-11,18H,4-9H2,1H3,(H2,17,21,22). The summed E-state index contributed by atoms with van der Waals surface area (Å²) in [5.41, 5.74) is 0.142. The van der Waals surface area contributed by atoms with Crippen LogP contribution in [0.15, 0.2) is 23.1 Å². The zero-order chi connectivity index (χ0) is 17.0. The van der Waals surface area contributed by atoms with Gasteiger partial charge in [0.2, 0.25) is 10.0 Å². The number of nitrogens with one attached hydrogen (secondary N) is 1. The van der Waals surface area contributed by atoms with Crippen LogP contribution in [0.1, 0.15) is 29.6 Å². The summed E-state index contributed by atoms with van der Waals surface area (Å²) in [6.07, 6.45) is 2.92. The molecule has 1 aromatic rings. The highest BCUT2D eigenvalue weighted by Gasteiger charge is 2.24. The Labute approximate surface area is 135 Å². The molecule has 6 nitrogen and oxygen atoms in total. The maximum absolute atomic E-state index is 13.8. The van der Waals surface area contributed by atoms with Crippen LogP contribution in [-0.4, -0.2) is 45.9 Å². The molecule has 0 atom stereocenters. The van der Waals surface area contributed by atoms with Crippen LogP contribution in [0.4, 0.5) is 4.39 Å². The predicted octanol–water partition coefficient (Wildman–Crippen LogP) is 0.935. The van der Waals surface area contributed by atoms with Gasteiger partial charge in [0, 0.05) is 18.7 Å². The van der Waals surface area contributed by atoms with E-state index in [-0.39, 0.29) is 11.5 Å². The molecule has 1 aliphatic heterocycles. The molecule has 1 aromatic carbocycles. The Bertz CT molecular complexity index is 671. The second-order valence-corrected chi connectivity index (χ2v) is 7.35. The fraction of sp³-hybridized carbons (Fsp3) is 0.533. The lowest BCUT2D eigenvalue weighted by Crippen LogP contribution is -2.39. The third kappa shape index (κ3) is 4.49. The van der Waals surface area contributed by atoms with Crippen LogP contribution >= 0.6 is 0 Å². The van der Waals surface area contributed by atoms with E-state index in [9.17, 15) is 17.6 Å². The number of rotatable bonds is 5. The van der Waals surface area contributed by atoms with Crippen molar-refractivity contribution in [3.05, 3.63) is 29.6 Å². The lowest BCUT2D eigenvalue weighted by atomic mass is 9.93. The van der Waals surface area contributed by atoms with Gasteiger partial charge < -0.3 is 10.2 Å². The van der Waals surface area contributed by atoms with Gasteiger partial charge in [-0.3, -0.25) is 4.79 Å². The summed E-state index contributed by atoms with van der Waals surface area (Å²) in [5, 5.41) is 8.03. The minimum absolute atomic E-state index is 0.142. The summed E-state index contributed by atoms with van der Waals surface area (Å²) in [5.74, 6) is -0.688. The first-order valence-electron chi connectivity index (χ1n) is 7.59. The Balaban J connectivity index is 2.03. The maximum Gasteiger partial charge on any atom is 0.253 e. The van der Waals surface area contributed by atoms with Gasteiger partial charge in [-0.2, -0.15) is 0 Å². The van der Waals surface area contributed by atoms with Crippen molar-refractivity contribution in [2.45, 2.75) is 24.2 Å². The van der Waals surface area contributed by atoms with Crippen molar-refractivity contribution in [1.29, 1.82) is 0 Å². The highest BCUT2D eigenvalue weighted by Crippen LogP contribution is 2.22. The quantitative estimate of drug-likeness (QED) is 0.832. The average Bonchev–Trinajstić information content (AvgIpc) is 2.51. The summed E-state index contributed by atoms with van der Waals surface area (Å²) >= 11 is 0. The van der Waals surface area contributed by atoms with E-state index in [1.165, 1.54) is 6.07 Å². The van der Waals surface area contributed by atoms with Gasteiger partial charge >= 0.3 is 0 Å². The van der Waals surface area contributed by atoms with E-state index in [0.717, 1.165) is 37.9 Å². The number of piperidine rings is 1. The molecule has 0 aliphatic carbocycles. The lowest BCUT2D eigenvalue weighted by Gasteiger charge is -2.32. The molecular weight excluding hydrogens is 321 g/mol. The van der Waals surface area contributed by atoms with Crippen LogP contribution in [0.2, 0.25) is 0 Å². The third-order valence-electron chi connectivity index (χ3n) is 4.19. The number of hydrogen-bond donors (Lipinski definition) is 2. The van der Waals surface area contributed by atoms with E-state index < -0.39 is 20.7 Å². The fourth-order valence-electron chi connectivity index (χ4n) is 2.82. The molecule has 0 aromatic heterocycles. The largest absolute Gasteiger partial charge is 0.339 e. The normalized spacial score (nSPS) is 16.6. The van der Waals surface area contributed by atoms with Crippen LogP contribution in [0.25, 0.3) is 0 Å². The first-order valence-corrected chi connectivity index (χ1v) is 9.13. The fourth-order valence-corrected chi connectivity index (χ4v) is 3.41. The van der Waals surface area contributed by atoms with Crippen molar-refractivity contribution in [3.63, 3.8) is 0 Å². The SMILES string of the molecule is CNCCC1CCN(C(=O)c2ccc(S(N)(=O)=O)c(F)c2)CC1. The van der Waals surface area contributed by atoms with Crippen LogP contribution < -0.4 is 10.5 Å². The molecule has 1 fully saturated rings. The number of nitrogens with two attached hydrogens (primary N) is 1. The Morgan fingerprint density at radius 1 is 1.39 bits per heavy atom. The smallest absolute Gasteiger partial charge is 0.253 e. The van der Waals surface area contributed by atoms with Gasteiger partial charge in [-0.25, -0.2) is 17.9 Å². The van der Waals surface area contributed by atoms with E-state index in [1.807, 2.05) is 7.05 Å². The second-order valence-electron chi connectivity index (χ2n) is 5.82. The van der Waals surface area contributed by atoms with Gasteiger partial charge in [-0.15, -0.1) is 0 Å². The number of nitrogens with zero attached hydrogens (tertiary/aromatic N) is 1. The second kappa shape index (κ2) is 7.37. The molecule has 3 N–H and O–H groups in total. The maximum atomic E-state index is 13.8. The van der Waals surface area contributed by atoms with E-state index in [0.29, 0.717) is 19.0 Å². The van der Waals surface area contributed by atoms with Crippen molar-refractivity contribution < 1.29 is 17.6 Å². The lowest BCUT2D eigenvalue weighted by molar-refractivity contribution is 0.0686. The number of benzene rings is 1. The summed E-state index contributed by atoms with van der Waals surface area (Å²) < 4.78 is 36.2. The average molecular weight is 343 g/mol. The molecule has 1 aliphatic rings. The minimum atomic E-state index is -4.12. The molecule has 0 saturated carbocycles. The van der Waals surface area contributed by atoms with Crippen molar-refractivity contribution in [3.8, 4) is 0 Å². The number of carbonyl (C=O) groups excluding carboxylic acids is 1. The summed E-state index contributed by atoms with van der Waals surface area (Å²) in [4.78, 5) is 13.5. The summed E-state index contributed by atoms with van der Waals surface area (Å²) in [7, 11) is -2.21. The molecule has 0 unspecified atom stereocenters. The first-order chi connectivity index (χ1) is 10.8. The topological polar surface area (TPSA) is 92.5 Å². The Kier molecular flexibility index (Phi) is 5.72. The zero-order valence-electron chi connectivity index (χ0n) is 13.1. The van der Waals surface area contributed by atoms with Crippen molar-refractivity contribution >= 4 is 15.9 Å². The molecule has 1 amide bonds. The highest BCUT2D eigenvalue weighted by molar-refractivity contribution is 7.89. The number of amides is 1. The monoisotopic (exact) mass is 343 g/mol. The van der Waals surface area contributed by atoms with Crippen molar-refractivity contribution in [1.82, 2.24) is 10.2 Å². The van der Waals surface area contributed by atoms with Crippen LogP contribution in [-0.2, 0) is 10.0 Å². The molecular formula is C15H22FN3O3S. The molecule has 2 rings (SSSR count). The molecule has 1 heterocycles. The molecule has 0 bridgehead atoms. The Morgan fingerprint density at radius 3 is 2.57 bits per heavy atom.